The van der Waals surface area contributed by atoms with E-state index < -0.39 is 0 Å². The summed E-state index contributed by atoms with van der Waals surface area (Å²) < 4.78 is 5.22. The van der Waals surface area contributed by atoms with Crippen molar-refractivity contribution in [2.45, 2.75) is 32.1 Å². The SMILES string of the molecule is COc1cccc(CCNC2=NCCCCC2)c1. The molecule has 2 rings (SSSR count). The molecule has 0 aromatic heterocycles. The maximum absolute atomic E-state index is 5.22. The molecule has 0 unspecified atom stereocenters. The van der Waals surface area contributed by atoms with E-state index in [1.165, 1.54) is 30.7 Å². The van der Waals surface area contributed by atoms with Crippen molar-refractivity contribution in [1.82, 2.24) is 5.32 Å². The summed E-state index contributed by atoms with van der Waals surface area (Å²) in [6, 6.07) is 8.25. The van der Waals surface area contributed by atoms with Gasteiger partial charge in [-0.2, -0.15) is 0 Å². The van der Waals surface area contributed by atoms with Gasteiger partial charge < -0.3 is 10.1 Å². The molecular formula is C15H22N2O. The topological polar surface area (TPSA) is 33.6 Å². The van der Waals surface area contributed by atoms with E-state index in [9.17, 15) is 0 Å². The second-order valence-corrected chi connectivity index (χ2v) is 4.67. The van der Waals surface area contributed by atoms with Crippen LogP contribution in [-0.2, 0) is 6.42 Å². The highest BCUT2D eigenvalue weighted by molar-refractivity contribution is 5.82. The zero-order chi connectivity index (χ0) is 12.6. The van der Waals surface area contributed by atoms with Crippen LogP contribution in [0, 0.1) is 0 Å². The molecule has 0 amide bonds. The average molecular weight is 246 g/mol. The number of amidine groups is 1. The van der Waals surface area contributed by atoms with Crippen LogP contribution in [0.4, 0.5) is 0 Å². The van der Waals surface area contributed by atoms with Crippen LogP contribution in [0.1, 0.15) is 31.2 Å². The van der Waals surface area contributed by atoms with E-state index in [0.717, 1.165) is 31.7 Å². The van der Waals surface area contributed by atoms with Crippen molar-refractivity contribution in [3.63, 3.8) is 0 Å². The van der Waals surface area contributed by atoms with Crippen LogP contribution < -0.4 is 10.1 Å². The Morgan fingerprint density at radius 2 is 2.22 bits per heavy atom. The molecule has 3 nitrogen and oxygen atoms in total. The number of nitrogens with zero attached hydrogens (tertiary/aromatic N) is 1. The third-order valence-electron chi connectivity index (χ3n) is 3.25. The summed E-state index contributed by atoms with van der Waals surface area (Å²) in [4.78, 5) is 4.57. The average Bonchev–Trinajstić information content (AvgIpc) is 2.68. The molecule has 0 saturated carbocycles. The minimum absolute atomic E-state index is 0.930. The van der Waals surface area contributed by atoms with Crippen LogP contribution in [0.25, 0.3) is 0 Å². The van der Waals surface area contributed by atoms with Crippen molar-refractivity contribution < 1.29 is 4.74 Å². The summed E-state index contributed by atoms with van der Waals surface area (Å²) in [5, 5.41) is 3.46. The van der Waals surface area contributed by atoms with Gasteiger partial charge in [0.15, 0.2) is 0 Å². The maximum Gasteiger partial charge on any atom is 0.119 e. The molecule has 0 aliphatic carbocycles. The predicted molar refractivity (Wildman–Crippen MR) is 75.5 cm³/mol. The third kappa shape index (κ3) is 4.06. The van der Waals surface area contributed by atoms with Gasteiger partial charge in [0.25, 0.3) is 0 Å². The second kappa shape index (κ2) is 7.04. The molecule has 1 aromatic rings. The number of ether oxygens (including phenoxy) is 1. The van der Waals surface area contributed by atoms with Crippen molar-refractivity contribution >= 4 is 5.84 Å². The Hall–Kier alpha value is -1.51. The lowest BCUT2D eigenvalue weighted by Crippen LogP contribution is -2.25. The van der Waals surface area contributed by atoms with E-state index in [0.29, 0.717) is 0 Å². The van der Waals surface area contributed by atoms with E-state index in [1.807, 2.05) is 12.1 Å². The number of rotatable bonds is 4. The highest BCUT2D eigenvalue weighted by Gasteiger charge is 2.03. The molecule has 0 spiro atoms. The fourth-order valence-corrected chi connectivity index (χ4v) is 2.20. The summed E-state index contributed by atoms with van der Waals surface area (Å²) in [5.41, 5.74) is 1.30. The quantitative estimate of drug-likeness (QED) is 0.886. The van der Waals surface area contributed by atoms with Crippen LogP contribution in [0.5, 0.6) is 5.75 Å². The second-order valence-electron chi connectivity index (χ2n) is 4.67. The van der Waals surface area contributed by atoms with E-state index in [-0.39, 0.29) is 0 Å². The molecule has 0 atom stereocenters. The van der Waals surface area contributed by atoms with Gasteiger partial charge >= 0.3 is 0 Å². The van der Waals surface area contributed by atoms with Crippen LogP contribution in [0.2, 0.25) is 0 Å². The number of benzene rings is 1. The summed E-state index contributed by atoms with van der Waals surface area (Å²) >= 11 is 0. The number of aliphatic imine (C=N–C) groups is 1. The number of hydrogen-bond donors (Lipinski definition) is 1. The number of methoxy groups -OCH3 is 1. The van der Waals surface area contributed by atoms with E-state index in [4.69, 9.17) is 4.74 Å². The fourth-order valence-electron chi connectivity index (χ4n) is 2.20. The molecule has 0 saturated heterocycles. The Bertz CT molecular complexity index is 401. The Balaban J connectivity index is 1.78. The smallest absolute Gasteiger partial charge is 0.119 e. The van der Waals surface area contributed by atoms with Gasteiger partial charge in [0, 0.05) is 19.5 Å². The zero-order valence-corrected chi connectivity index (χ0v) is 11.1. The fraction of sp³-hybridized carbons (Fsp3) is 0.533. The summed E-state index contributed by atoms with van der Waals surface area (Å²) in [6.07, 6.45) is 5.94. The molecule has 18 heavy (non-hydrogen) atoms. The van der Waals surface area contributed by atoms with Crippen LogP contribution in [-0.4, -0.2) is 26.0 Å². The first-order chi connectivity index (χ1) is 8.88. The van der Waals surface area contributed by atoms with Gasteiger partial charge in [-0.1, -0.05) is 18.6 Å². The summed E-state index contributed by atoms with van der Waals surface area (Å²) in [5.74, 6) is 2.12. The maximum atomic E-state index is 5.22. The lowest BCUT2D eigenvalue weighted by atomic mass is 10.1. The third-order valence-corrected chi connectivity index (χ3v) is 3.25. The predicted octanol–water partition coefficient (Wildman–Crippen LogP) is 2.80. The van der Waals surface area contributed by atoms with Crippen LogP contribution >= 0.6 is 0 Å². The molecule has 3 heteroatoms. The normalized spacial score (nSPS) is 15.7. The minimum atomic E-state index is 0.930. The largest absolute Gasteiger partial charge is 0.497 e. The Morgan fingerprint density at radius 1 is 1.28 bits per heavy atom. The summed E-state index contributed by atoms with van der Waals surface area (Å²) in [6.45, 7) is 1.94. The molecule has 0 fully saturated rings. The van der Waals surface area contributed by atoms with Crippen molar-refractivity contribution in [2.24, 2.45) is 4.99 Å². The van der Waals surface area contributed by atoms with Gasteiger partial charge in [-0.3, -0.25) is 4.99 Å². The molecule has 1 aliphatic rings. The Kier molecular flexibility index (Phi) is 5.06. The van der Waals surface area contributed by atoms with Gasteiger partial charge in [0.2, 0.25) is 0 Å². The molecule has 1 heterocycles. The standard InChI is InChI=1S/C15H22N2O/c1-18-14-7-5-6-13(12-14)9-11-17-15-8-3-2-4-10-16-15/h5-7,12H,2-4,8-11H2,1H3,(H,16,17). The van der Waals surface area contributed by atoms with E-state index in [2.05, 4.69) is 22.4 Å². The zero-order valence-electron chi connectivity index (χ0n) is 11.1. The van der Waals surface area contributed by atoms with E-state index >= 15 is 0 Å². The van der Waals surface area contributed by atoms with Crippen LogP contribution in [0.15, 0.2) is 29.3 Å². The Morgan fingerprint density at radius 3 is 3.11 bits per heavy atom. The highest BCUT2D eigenvalue weighted by atomic mass is 16.5. The lowest BCUT2D eigenvalue weighted by molar-refractivity contribution is 0.414. The minimum Gasteiger partial charge on any atom is -0.497 e. The first-order valence-corrected chi connectivity index (χ1v) is 6.78. The van der Waals surface area contributed by atoms with Crippen molar-refractivity contribution in [3.8, 4) is 5.75 Å². The van der Waals surface area contributed by atoms with Crippen LogP contribution in [0.3, 0.4) is 0 Å². The number of nitrogens with one attached hydrogen (secondary N) is 1. The van der Waals surface area contributed by atoms with Gasteiger partial charge in [-0.05, 0) is 37.0 Å². The van der Waals surface area contributed by atoms with Crippen molar-refractivity contribution in [2.75, 3.05) is 20.2 Å². The molecule has 0 bridgehead atoms. The highest BCUT2D eigenvalue weighted by Crippen LogP contribution is 2.12. The molecule has 98 valence electrons. The Labute approximate surface area is 109 Å². The van der Waals surface area contributed by atoms with Crippen molar-refractivity contribution in [3.05, 3.63) is 29.8 Å². The van der Waals surface area contributed by atoms with E-state index in [1.54, 1.807) is 7.11 Å². The van der Waals surface area contributed by atoms with Gasteiger partial charge in [0.1, 0.15) is 5.75 Å². The number of hydrogen-bond acceptors (Lipinski definition) is 3. The molecule has 0 radical (unpaired) electrons. The molecule has 1 aromatic carbocycles. The summed E-state index contributed by atoms with van der Waals surface area (Å²) in [7, 11) is 1.71. The first kappa shape index (κ1) is 12.9. The first-order valence-electron chi connectivity index (χ1n) is 6.78. The van der Waals surface area contributed by atoms with Gasteiger partial charge in [0.05, 0.1) is 12.9 Å². The van der Waals surface area contributed by atoms with Gasteiger partial charge in [-0.25, -0.2) is 0 Å². The lowest BCUT2D eigenvalue weighted by Gasteiger charge is -2.09. The monoisotopic (exact) mass is 246 g/mol. The van der Waals surface area contributed by atoms with Crippen molar-refractivity contribution in [1.29, 1.82) is 0 Å². The molecule has 1 N–H and O–H groups in total. The molecule has 1 aliphatic heterocycles. The van der Waals surface area contributed by atoms with Gasteiger partial charge in [-0.15, -0.1) is 0 Å². The molecular weight excluding hydrogens is 224 g/mol.